The van der Waals surface area contributed by atoms with Crippen molar-refractivity contribution in [2.75, 3.05) is 6.54 Å². The summed E-state index contributed by atoms with van der Waals surface area (Å²) < 4.78 is 0. The average Bonchev–Trinajstić information content (AvgIpc) is 3.21. The molecule has 4 nitrogen and oxygen atoms in total. The number of hydrogen-bond acceptors (Lipinski definition) is 3. The van der Waals surface area contributed by atoms with Crippen LogP contribution in [0.2, 0.25) is 0 Å². The van der Waals surface area contributed by atoms with Crippen molar-refractivity contribution in [1.82, 2.24) is 9.88 Å². The Morgan fingerprint density at radius 1 is 1.56 bits per heavy atom. The quantitative estimate of drug-likeness (QED) is 0.859. The van der Waals surface area contributed by atoms with Crippen LogP contribution in [0.4, 0.5) is 0 Å². The fraction of sp³-hybridized carbons (Fsp3) is 0.571. The lowest BCUT2D eigenvalue weighted by Gasteiger charge is -2.31. The highest BCUT2D eigenvalue weighted by molar-refractivity contribution is 5.86. The maximum atomic E-state index is 12.5. The monoisotopic (exact) mass is 247 g/mol. The van der Waals surface area contributed by atoms with E-state index in [1.807, 2.05) is 32.0 Å². The number of likely N-dealkylation sites (N-methyl/N-ethyl adjacent to an activating group) is 1. The molecule has 1 aliphatic rings. The highest BCUT2D eigenvalue weighted by atomic mass is 16.2. The normalized spacial score (nSPS) is 18.2. The van der Waals surface area contributed by atoms with Crippen LogP contribution in [0.1, 0.15) is 32.4 Å². The van der Waals surface area contributed by atoms with Gasteiger partial charge in [0.05, 0.1) is 17.8 Å². The van der Waals surface area contributed by atoms with Crippen LogP contribution in [0.15, 0.2) is 24.4 Å². The van der Waals surface area contributed by atoms with Crippen LogP contribution >= 0.6 is 0 Å². The van der Waals surface area contributed by atoms with E-state index in [2.05, 4.69) is 4.98 Å². The molecular formula is C14H21N3O. The fourth-order valence-corrected chi connectivity index (χ4v) is 2.21. The summed E-state index contributed by atoms with van der Waals surface area (Å²) >= 11 is 0. The summed E-state index contributed by atoms with van der Waals surface area (Å²) in [4.78, 5) is 18.5. The first-order chi connectivity index (χ1) is 8.55. The van der Waals surface area contributed by atoms with Gasteiger partial charge >= 0.3 is 0 Å². The summed E-state index contributed by atoms with van der Waals surface area (Å²) in [5, 5.41) is 0. The number of aromatic nitrogens is 1. The van der Waals surface area contributed by atoms with Crippen molar-refractivity contribution in [3.05, 3.63) is 30.1 Å². The lowest BCUT2D eigenvalue weighted by Crippen LogP contribution is -2.54. The van der Waals surface area contributed by atoms with Crippen LogP contribution in [0.5, 0.6) is 0 Å². The Kier molecular flexibility index (Phi) is 3.66. The Hall–Kier alpha value is -1.42. The molecule has 1 saturated carbocycles. The summed E-state index contributed by atoms with van der Waals surface area (Å²) in [5.41, 5.74) is 6.37. The summed E-state index contributed by atoms with van der Waals surface area (Å²) in [6, 6.07) is 5.74. The van der Waals surface area contributed by atoms with Gasteiger partial charge in [-0.15, -0.1) is 0 Å². The predicted octanol–water partition coefficient (Wildman–Crippen LogP) is 1.56. The van der Waals surface area contributed by atoms with E-state index in [-0.39, 0.29) is 5.91 Å². The molecule has 1 aromatic heterocycles. The molecule has 2 rings (SSSR count). The van der Waals surface area contributed by atoms with Crippen LogP contribution < -0.4 is 5.73 Å². The molecule has 18 heavy (non-hydrogen) atoms. The van der Waals surface area contributed by atoms with Crippen molar-refractivity contribution < 1.29 is 4.79 Å². The minimum atomic E-state index is -0.717. The number of nitrogens with zero attached hydrogens (tertiary/aromatic N) is 2. The summed E-state index contributed by atoms with van der Waals surface area (Å²) in [6.45, 7) is 5.03. The Labute approximate surface area is 108 Å². The maximum absolute atomic E-state index is 12.5. The number of nitrogens with two attached hydrogens (primary N) is 1. The number of carbonyl (C=O) groups is 1. The zero-order chi connectivity index (χ0) is 13.2. The first-order valence-electron chi connectivity index (χ1n) is 6.54. The molecule has 1 atom stereocenters. The van der Waals surface area contributed by atoms with Gasteiger partial charge in [-0.25, -0.2) is 0 Å². The molecule has 0 bridgehead atoms. The topological polar surface area (TPSA) is 59.2 Å². The molecule has 0 aromatic carbocycles. The third kappa shape index (κ3) is 2.70. The second kappa shape index (κ2) is 5.06. The molecule has 0 aliphatic heterocycles. The second-order valence-electron chi connectivity index (χ2n) is 5.20. The molecule has 4 heteroatoms. The summed E-state index contributed by atoms with van der Waals surface area (Å²) in [5.74, 6) is 0.390. The molecule has 1 unspecified atom stereocenters. The smallest absolute Gasteiger partial charge is 0.242 e. The van der Waals surface area contributed by atoms with Gasteiger partial charge in [-0.1, -0.05) is 6.07 Å². The Balaban J connectivity index is 2.06. The van der Waals surface area contributed by atoms with Crippen molar-refractivity contribution in [2.45, 2.75) is 38.8 Å². The van der Waals surface area contributed by atoms with Crippen molar-refractivity contribution in [1.29, 1.82) is 0 Å². The van der Waals surface area contributed by atoms with Crippen LogP contribution in [-0.4, -0.2) is 27.9 Å². The molecule has 0 spiro atoms. The van der Waals surface area contributed by atoms with Gasteiger partial charge in [-0.2, -0.15) is 0 Å². The number of pyridine rings is 1. The molecule has 0 radical (unpaired) electrons. The van der Waals surface area contributed by atoms with E-state index in [1.165, 1.54) is 0 Å². The van der Waals surface area contributed by atoms with Gasteiger partial charge in [0, 0.05) is 12.7 Å². The van der Waals surface area contributed by atoms with E-state index < -0.39 is 5.54 Å². The van der Waals surface area contributed by atoms with Crippen LogP contribution in [0.25, 0.3) is 0 Å². The van der Waals surface area contributed by atoms with E-state index in [9.17, 15) is 4.79 Å². The van der Waals surface area contributed by atoms with Crippen molar-refractivity contribution in [3.63, 3.8) is 0 Å². The number of hydrogen-bond donors (Lipinski definition) is 1. The van der Waals surface area contributed by atoms with Gasteiger partial charge < -0.3 is 10.6 Å². The molecule has 1 aliphatic carbocycles. The fourth-order valence-electron chi connectivity index (χ4n) is 2.21. The number of carbonyl (C=O) groups excluding carboxylic acids is 1. The van der Waals surface area contributed by atoms with E-state index in [4.69, 9.17) is 5.73 Å². The van der Waals surface area contributed by atoms with Gasteiger partial charge in [0.2, 0.25) is 5.91 Å². The average molecular weight is 247 g/mol. The van der Waals surface area contributed by atoms with E-state index in [0.29, 0.717) is 19.0 Å². The third-order valence-electron chi connectivity index (χ3n) is 3.63. The largest absolute Gasteiger partial charge is 0.335 e. The van der Waals surface area contributed by atoms with Crippen LogP contribution in [-0.2, 0) is 11.3 Å². The molecule has 2 N–H and O–H groups in total. The van der Waals surface area contributed by atoms with Gasteiger partial charge in [0.15, 0.2) is 0 Å². The van der Waals surface area contributed by atoms with Gasteiger partial charge in [0.1, 0.15) is 0 Å². The number of rotatable bonds is 5. The zero-order valence-electron chi connectivity index (χ0n) is 11.1. The lowest BCUT2D eigenvalue weighted by molar-refractivity contribution is -0.137. The Morgan fingerprint density at radius 3 is 2.78 bits per heavy atom. The molecule has 1 aromatic rings. The Bertz CT molecular complexity index is 412. The molecular weight excluding hydrogens is 226 g/mol. The molecule has 1 amide bonds. The second-order valence-corrected chi connectivity index (χ2v) is 5.20. The molecule has 98 valence electrons. The van der Waals surface area contributed by atoms with Gasteiger partial charge in [-0.05, 0) is 44.7 Å². The highest BCUT2D eigenvalue weighted by Crippen LogP contribution is 2.39. The van der Waals surface area contributed by atoms with Crippen LogP contribution in [0, 0.1) is 5.92 Å². The first-order valence-corrected chi connectivity index (χ1v) is 6.54. The summed E-state index contributed by atoms with van der Waals surface area (Å²) in [7, 11) is 0. The van der Waals surface area contributed by atoms with Crippen molar-refractivity contribution in [3.8, 4) is 0 Å². The summed E-state index contributed by atoms with van der Waals surface area (Å²) in [6.07, 6.45) is 3.88. The molecule has 1 fully saturated rings. The first kappa shape index (κ1) is 13.0. The standard InChI is InChI=1S/C14H21N3O/c1-3-17(10-12-6-4-5-9-16-12)13(18)14(2,15)11-7-8-11/h4-6,9,11H,3,7-8,10,15H2,1-2H3. The van der Waals surface area contributed by atoms with E-state index in [0.717, 1.165) is 18.5 Å². The minimum Gasteiger partial charge on any atom is -0.335 e. The van der Waals surface area contributed by atoms with E-state index in [1.54, 1.807) is 11.1 Å². The predicted molar refractivity (Wildman–Crippen MR) is 70.6 cm³/mol. The Morgan fingerprint density at radius 2 is 2.28 bits per heavy atom. The van der Waals surface area contributed by atoms with Crippen molar-refractivity contribution >= 4 is 5.91 Å². The van der Waals surface area contributed by atoms with Crippen molar-refractivity contribution in [2.24, 2.45) is 11.7 Å². The third-order valence-corrected chi connectivity index (χ3v) is 3.63. The molecule has 0 saturated heterocycles. The SMILES string of the molecule is CCN(Cc1ccccn1)C(=O)C(C)(N)C1CC1. The molecule has 1 heterocycles. The van der Waals surface area contributed by atoms with Gasteiger partial charge in [-0.3, -0.25) is 9.78 Å². The zero-order valence-corrected chi connectivity index (χ0v) is 11.1. The minimum absolute atomic E-state index is 0.0400. The van der Waals surface area contributed by atoms with Crippen LogP contribution in [0.3, 0.4) is 0 Å². The number of amides is 1. The van der Waals surface area contributed by atoms with Gasteiger partial charge in [0.25, 0.3) is 0 Å². The maximum Gasteiger partial charge on any atom is 0.242 e. The lowest BCUT2D eigenvalue weighted by atomic mass is 9.95. The van der Waals surface area contributed by atoms with E-state index >= 15 is 0 Å². The highest BCUT2D eigenvalue weighted by Gasteiger charge is 2.45.